The second kappa shape index (κ2) is 6.16. The molecule has 4 N–H and O–H groups in total. The van der Waals surface area contributed by atoms with Crippen molar-refractivity contribution in [1.29, 1.82) is 0 Å². The third-order valence-electron chi connectivity index (χ3n) is 2.91. The third kappa shape index (κ3) is 3.33. The SMILES string of the molecule is NC(CNC(=O)c1ccc(O)cc1F)c1ccccc1. The Kier molecular flexibility index (Phi) is 4.32. The minimum absolute atomic E-state index is 0.122. The number of rotatable bonds is 4. The summed E-state index contributed by atoms with van der Waals surface area (Å²) in [5, 5.41) is 11.7. The lowest BCUT2D eigenvalue weighted by Crippen LogP contribution is -2.32. The zero-order valence-corrected chi connectivity index (χ0v) is 10.7. The summed E-state index contributed by atoms with van der Waals surface area (Å²) in [4.78, 5) is 11.8. The number of hydrogen-bond acceptors (Lipinski definition) is 3. The molecule has 0 aliphatic carbocycles. The van der Waals surface area contributed by atoms with Gasteiger partial charge in [0.05, 0.1) is 5.56 Å². The van der Waals surface area contributed by atoms with E-state index in [1.807, 2.05) is 30.3 Å². The van der Waals surface area contributed by atoms with E-state index < -0.39 is 11.7 Å². The maximum atomic E-state index is 13.5. The van der Waals surface area contributed by atoms with Gasteiger partial charge >= 0.3 is 0 Å². The Morgan fingerprint density at radius 2 is 1.95 bits per heavy atom. The molecule has 0 aliphatic rings. The Morgan fingerprint density at radius 3 is 2.60 bits per heavy atom. The van der Waals surface area contributed by atoms with E-state index in [1.54, 1.807) is 0 Å². The highest BCUT2D eigenvalue weighted by Crippen LogP contribution is 2.15. The number of phenols is 1. The molecular formula is C15H15FN2O2. The van der Waals surface area contributed by atoms with Gasteiger partial charge in [-0.15, -0.1) is 0 Å². The molecule has 0 aromatic heterocycles. The van der Waals surface area contributed by atoms with Crippen LogP contribution in [0, 0.1) is 5.82 Å². The van der Waals surface area contributed by atoms with Crippen LogP contribution in [0.25, 0.3) is 0 Å². The maximum absolute atomic E-state index is 13.5. The first kappa shape index (κ1) is 14.0. The molecule has 104 valence electrons. The molecule has 20 heavy (non-hydrogen) atoms. The average Bonchev–Trinajstić information content (AvgIpc) is 2.45. The van der Waals surface area contributed by atoms with E-state index in [9.17, 15) is 9.18 Å². The molecule has 0 fully saturated rings. The Balaban J connectivity index is 1.99. The van der Waals surface area contributed by atoms with Crippen LogP contribution in [0.2, 0.25) is 0 Å². The predicted octanol–water partition coefficient (Wildman–Crippen LogP) is 1.96. The van der Waals surface area contributed by atoms with Gasteiger partial charge in [0.15, 0.2) is 0 Å². The predicted molar refractivity (Wildman–Crippen MR) is 73.8 cm³/mol. The van der Waals surface area contributed by atoms with Crippen LogP contribution in [0.5, 0.6) is 5.75 Å². The van der Waals surface area contributed by atoms with Crippen molar-refractivity contribution < 1.29 is 14.3 Å². The standard InChI is InChI=1S/C15H15FN2O2/c16-13-8-11(19)6-7-12(13)15(20)18-9-14(17)10-4-2-1-3-5-10/h1-8,14,19H,9,17H2,(H,18,20). The second-order valence-corrected chi connectivity index (χ2v) is 4.39. The number of phenolic OH excluding ortho intramolecular Hbond substituents is 1. The first-order chi connectivity index (χ1) is 9.58. The van der Waals surface area contributed by atoms with Gasteiger partial charge in [0.2, 0.25) is 0 Å². The van der Waals surface area contributed by atoms with E-state index in [0.717, 1.165) is 11.6 Å². The van der Waals surface area contributed by atoms with Crippen molar-refractivity contribution in [3.63, 3.8) is 0 Å². The lowest BCUT2D eigenvalue weighted by Gasteiger charge is -2.13. The lowest BCUT2D eigenvalue weighted by atomic mass is 10.1. The minimum Gasteiger partial charge on any atom is -0.508 e. The van der Waals surface area contributed by atoms with Crippen LogP contribution in [0.3, 0.4) is 0 Å². The molecule has 0 aliphatic heterocycles. The first-order valence-electron chi connectivity index (χ1n) is 6.15. The molecule has 0 bridgehead atoms. The number of carbonyl (C=O) groups excluding carboxylic acids is 1. The summed E-state index contributed by atoms with van der Waals surface area (Å²) >= 11 is 0. The second-order valence-electron chi connectivity index (χ2n) is 4.39. The van der Waals surface area contributed by atoms with Crippen LogP contribution in [0.4, 0.5) is 4.39 Å². The van der Waals surface area contributed by atoms with E-state index in [2.05, 4.69) is 5.32 Å². The molecule has 0 heterocycles. The highest BCUT2D eigenvalue weighted by atomic mass is 19.1. The molecule has 0 spiro atoms. The highest BCUT2D eigenvalue weighted by molar-refractivity contribution is 5.94. The molecule has 0 radical (unpaired) electrons. The molecule has 0 saturated heterocycles. The van der Waals surface area contributed by atoms with Crippen LogP contribution in [-0.2, 0) is 0 Å². The third-order valence-corrected chi connectivity index (χ3v) is 2.91. The van der Waals surface area contributed by atoms with E-state index >= 15 is 0 Å². The molecule has 2 aromatic rings. The Hall–Kier alpha value is -2.40. The van der Waals surface area contributed by atoms with Crippen molar-refractivity contribution in [2.75, 3.05) is 6.54 Å². The molecule has 4 nitrogen and oxygen atoms in total. The number of hydrogen-bond donors (Lipinski definition) is 3. The van der Waals surface area contributed by atoms with E-state index in [-0.39, 0.29) is 23.9 Å². The van der Waals surface area contributed by atoms with Crippen LogP contribution in [-0.4, -0.2) is 17.6 Å². The minimum atomic E-state index is -0.768. The van der Waals surface area contributed by atoms with Crippen molar-refractivity contribution in [3.05, 3.63) is 65.5 Å². The van der Waals surface area contributed by atoms with Gasteiger partial charge in [0.25, 0.3) is 5.91 Å². The van der Waals surface area contributed by atoms with Crippen LogP contribution in [0.1, 0.15) is 22.0 Å². The summed E-state index contributed by atoms with van der Waals surface area (Å²) in [7, 11) is 0. The zero-order valence-electron chi connectivity index (χ0n) is 10.7. The molecule has 2 aromatic carbocycles. The van der Waals surface area contributed by atoms with Gasteiger partial charge in [-0.3, -0.25) is 4.79 Å². The van der Waals surface area contributed by atoms with E-state index in [4.69, 9.17) is 10.8 Å². The van der Waals surface area contributed by atoms with Gasteiger partial charge in [-0.2, -0.15) is 0 Å². The Bertz CT molecular complexity index is 602. The molecule has 5 heteroatoms. The fraction of sp³-hybridized carbons (Fsp3) is 0.133. The summed E-state index contributed by atoms with van der Waals surface area (Å²) in [6.45, 7) is 0.198. The largest absolute Gasteiger partial charge is 0.508 e. The van der Waals surface area contributed by atoms with Gasteiger partial charge in [0, 0.05) is 18.7 Å². The van der Waals surface area contributed by atoms with Gasteiger partial charge < -0.3 is 16.2 Å². The fourth-order valence-electron chi connectivity index (χ4n) is 1.80. The smallest absolute Gasteiger partial charge is 0.254 e. The van der Waals surface area contributed by atoms with Gasteiger partial charge in [-0.25, -0.2) is 4.39 Å². The summed E-state index contributed by atoms with van der Waals surface area (Å²) in [5.74, 6) is -1.55. The average molecular weight is 274 g/mol. The number of amides is 1. The summed E-state index contributed by atoms with van der Waals surface area (Å²) in [5.41, 5.74) is 6.70. The topological polar surface area (TPSA) is 75.3 Å². The van der Waals surface area contributed by atoms with Crippen molar-refractivity contribution in [3.8, 4) is 5.75 Å². The van der Waals surface area contributed by atoms with Gasteiger partial charge in [0.1, 0.15) is 11.6 Å². The van der Waals surface area contributed by atoms with Crippen LogP contribution < -0.4 is 11.1 Å². The van der Waals surface area contributed by atoms with Crippen molar-refractivity contribution in [2.24, 2.45) is 5.73 Å². The number of halogens is 1. The normalized spacial score (nSPS) is 11.9. The van der Waals surface area contributed by atoms with Gasteiger partial charge in [-0.05, 0) is 17.7 Å². The monoisotopic (exact) mass is 274 g/mol. The molecule has 1 atom stereocenters. The molecule has 2 rings (SSSR count). The quantitative estimate of drug-likeness (QED) is 0.797. The lowest BCUT2D eigenvalue weighted by molar-refractivity contribution is 0.0947. The summed E-state index contributed by atoms with van der Waals surface area (Å²) < 4.78 is 13.5. The van der Waals surface area contributed by atoms with Crippen molar-refractivity contribution >= 4 is 5.91 Å². The van der Waals surface area contributed by atoms with Crippen molar-refractivity contribution in [1.82, 2.24) is 5.32 Å². The number of nitrogens with two attached hydrogens (primary N) is 1. The first-order valence-corrected chi connectivity index (χ1v) is 6.15. The summed E-state index contributed by atoms with van der Waals surface area (Å²) in [6, 6.07) is 12.3. The number of nitrogens with one attached hydrogen (secondary N) is 1. The fourth-order valence-corrected chi connectivity index (χ4v) is 1.80. The zero-order chi connectivity index (χ0) is 14.5. The molecule has 0 saturated carbocycles. The van der Waals surface area contributed by atoms with E-state index in [1.165, 1.54) is 12.1 Å². The van der Waals surface area contributed by atoms with Crippen LogP contribution in [0.15, 0.2) is 48.5 Å². The number of aromatic hydroxyl groups is 1. The van der Waals surface area contributed by atoms with Crippen LogP contribution >= 0.6 is 0 Å². The number of carbonyl (C=O) groups is 1. The van der Waals surface area contributed by atoms with Crippen molar-refractivity contribution in [2.45, 2.75) is 6.04 Å². The Labute approximate surface area is 116 Å². The Morgan fingerprint density at radius 1 is 1.25 bits per heavy atom. The number of benzene rings is 2. The molecule has 1 unspecified atom stereocenters. The summed E-state index contributed by atoms with van der Waals surface area (Å²) in [6.07, 6.45) is 0. The molecule has 1 amide bonds. The maximum Gasteiger partial charge on any atom is 0.254 e. The highest BCUT2D eigenvalue weighted by Gasteiger charge is 2.13. The van der Waals surface area contributed by atoms with E-state index in [0.29, 0.717) is 0 Å². The van der Waals surface area contributed by atoms with Gasteiger partial charge in [-0.1, -0.05) is 30.3 Å². The molecular weight excluding hydrogens is 259 g/mol.